The van der Waals surface area contributed by atoms with E-state index >= 15 is 0 Å². The van der Waals surface area contributed by atoms with Crippen LogP contribution in [0.5, 0.6) is 0 Å². The number of hydrogen-bond donors (Lipinski definition) is 1. The highest BCUT2D eigenvalue weighted by atomic mass is 35.5. The van der Waals surface area contributed by atoms with Crippen molar-refractivity contribution in [2.24, 2.45) is 5.41 Å². The van der Waals surface area contributed by atoms with Crippen LogP contribution in [0.4, 0.5) is 8.78 Å². The van der Waals surface area contributed by atoms with Crippen LogP contribution in [0.3, 0.4) is 0 Å². The van der Waals surface area contributed by atoms with Crippen molar-refractivity contribution in [3.8, 4) is 0 Å². The van der Waals surface area contributed by atoms with Crippen molar-refractivity contribution in [1.82, 2.24) is 5.32 Å². The first kappa shape index (κ1) is 11.2. The molecule has 0 aromatic heterocycles. The van der Waals surface area contributed by atoms with Gasteiger partial charge in [-0.05, 0) is 25.8 Å². The third kappa shape index (κ3) is 1.68. The summed E-state index contributed by atoms with van der Waals surface area (Å²) in [5, 5.41) is 3.06. The Morgan fingerprint density at radius 2 is 1.69 bits per heavy atom. The Morgan fingerprint density at radius 1 is 1.00 bits per heavy atom. The standard InChI is InChI=1S/C9H15F2N.ClH/c10-9(11)4-2-1-3-8(9)5-6-12-7-8;/h12H,1-7H2;1H. The van der Waals surface area contributed by atoms with Gasteiger partial charge in [-0.3, -0.25) is 0 Å². The monoisotopic (exact) mass is 211 g/mol. The summed E-state index contributed by atoms with van der Waals surface area (Å²) < 4.78 is 27.0. The quantitative estimate of drug-likeness (QED) is 0.650. The average molecular weight is 212 g/mol. The van der Waals surface area contributed by atoms with E-state index in [1.807, 2.05) is 0 Å². The van der Waals surface area contributed by atoms with Crippen molar-refractivity contribution >= 4 is 12.4 Å². The molecule has 78 valence electrons. The molecule has 13 heavy (non-hydrogen) atoms. The minimum absolute atomic E-state index is 0. The van der Waals surface area contributed by atoms with Gasteiger partial charge >= 0.3 is 0 Å². The molecule has 1 nitrogen and oxygen atoms in total. The fraction of sp³-hybridized carbons (Fsp3) is 1.00. The van der Waals surface area contributed by atoms with Gasteiger partial charge in [-0.15, -0.1) is 12.4 Å². The van der Waals surface area contributed by atoms with Crippen LogP contribution in [0.15, 0.2) is 0 Å². The Hall–Kier alpha value is 0.110. The number of halogens is 3. The summed E-state index contributed by atoms with van der Waals surface area (Å²) in [7, 11) is 0. The first-order chi connectivity index (χ1) is 5.66. The molecular weight excluding hydrogens is 196 g/mol. The van der Waals surface area contributed by atoms with Crippen LogP contribution in [0, 0.1) is 5.41 Å². The lowest BCUT2D eigenvalue weighted by Crippen LogP contribution is -2.45. The number of alkyl halides is 2. The van der Waals surface area contributed by atoms with Crippen molar-refractivity contribution in [3.63, 3.8) is 0 Å². The van der Waals surface area contributed by atoms with Crippen molar-refractivity contribution in [3.05, 3.63) is 0 Å². The Bertz CT molecular complexity index is 178. The molecule has 0 bridgehead atoms. The van der Waals surface area contributed by atoms with Gasteiger partial charge in [0.25, 0.3) is 5.92 Å². The molecule has 2 aliphatic rings. The van der Waals surface area contributed by atoms with E-state index in [9.17, 15) is 8.78 Å². The van der Waals surface area contributed by atoms with E-state index in [1.165, 1.54) is 0 Å². The average Bonchev–Trinajstić information content (AvgIpc) is 2.46. The first-order valence-corrected chi connectivity index (χ1v) is 4.75. The van der Waals surface area contributed by atoms with Crippen LogP contribution in [0.2, 0.25) is 0 Å². The van der Waals surface area contributed by atoms with Gasteiger partial charge in [0.1, 0.15) is 0 Å². The van der Waals surface area contributed by atoms with Crippen molar-refractivity contribution in [1.29, 1.82) is 0 Å². The fourth-order valence-corrected chi connectivity index (χ4v) is 2.53. The van der Waals surface area contributed by atoms with Gasteiger partial charge in [0.15, 0.2) is 0 Å². The molecule has 4 heteroatoms. The normalized spacial score (nSPS) is 37.4. The molecule has 1 saturated heterocycles. The third-order valence-electron chi connectivity index (χ3n) is 3.42. The molecule has 1 unspecified atom stereocenters. The second kappa shape index (κ2) is 3.70. The molecule has 1 spiro atoms. The Balaban J connectivity index is 0.000000845. The summed E-state index contributed by atoms with van der Waals surface area (Å²) in [6, 6.07) is 0. The van der Waals surface area contributed by atoms with E-state index in [1.54, 1.807) is 0 Å². The molecule has 1 aliphatic heterocycles. The highest BCUT2D eigenvalue weighted by Gasteiger charge is 2.55. The number of rotatable bonds is 0. The van der Waals surface area contributed by atoms with E-state index in [2.05, 4.69) is 5.32 Å². The van der Waals surface area contributed by atoms with Crippen LogP contribution in [0.1, 0.15) is 32.1 Å². The van der Waals surface area contributed by atoms with Gasteiger partial charge < -0.3 is 5.32 Å². The topological polar surface area (TPSA) is 12.0 Å². The first-order valence-electron chi connectivity index (χ1n) is 4.75. The van der Waals surface area contributed by atoms with Crippen molar-refractivity contribution < 1.29 is 8.78 Å². The molecule has 0 radical (unpaired) electrons. The highest BCUT2D eigenvalue weighted by molar-refractivity contribution is 5.85. The van der Waals surface area contributed by atoms with E-state index < -0.39 is 11.3 Å². The predicted molar refractivity (Wildman–Crippen MR) is 50.6 cm³/mol. The summed E-state index contributed by atoms with van der Waals surface area (Å²) in [6.07, 6.45) is 3.17. The maximum atomic E-state index is 13.5. The van der Waals surface area contributed by atoms with Crippen LogP contribution >= 0.6 is 12.4 Å². The molecule has 0 aromatic carbocycles. The van der Waals surface area contributed by atoms with Gasteiger partial charge in [0.2, 0.25) is 0 Å². The van der Waals surface area contributed by atoms with Crippen molar-refractivity contribution in [2.45, 2.75) is 38.0 Å². The lowest BCUT2D eigenvalue weighted by atomic mass is 9.70. The summed E-state index contributed by atoms with van der Waals surface area (Å²) in [5.74, 6) is -2.41. The maximum Gasteiger partial charge on any atom is 0.254 e. The molecular formula is C9H16ClF2N. The van der Waals surface area contributed by atoms with E-state index in [-0.39, 0.29) is 18.8 Å². The molecule has 1 saturated carbocycles. The lowest BCUT2D eigenvalue weighted by molar-refractivity contribution is -0.140. The van der Waals surface area contributed by atoms with E-state index in [4.69, 9.17) is 0 Å². The van der Waals surface area contributed by atoms with Crippen LogP contribution < -0.4 is 5.32 Å². The molecule has 1 N–H and O–H groups in total. The summed E-state index contributed by atoms with van der Waals surface area (Å²) in [6.45, 7) is 1.30. The Kier molecular flexibility index (Phi) is 3.18. The second-order valence-corrected chi connectivity index (χ2v) is 4.12. The second-order valence-electron chi connectivity index (χ2n) is 4.12. The smallest absolute Gasteiger partial charge is 0.254 e. The molecule has 1 atom stereocenters. The van der Waals surface area contributed by atoms with Gasteiger partial charge in [-0.25, -0.2) is 8.78 Å². The largest absolute Gasteiger partial charge is 0.316 e. The Morgan fingerprint density at radius 3 is 2.23 bits per heavy atom. The summed E-state index contributed by atoms with van der Waals surface area (Å²) in [4.78, 5) is 0. The number of hydrogen-bond acceptors (Lipinski definition) is 1. The summed E-state index contributed by atoms with van der Waals surface area (Å²) in [5.41, 5.74) is -0.675. The minimum Gasteiger partial charge on any atom is -0.316 e. The van der Waals surface area contributed by atoms with Crippen LogP contribution in [0.25, 0.3) is 0 Å². The highest BCUT2D eigenvalue weighted by Crippen LogP contribution is 2.51. The predicted octanol–water partition coefficient (Wildman–Crippen LogP) is 2.60. The lowest BCUT2D eigenvalue weighted by Gasteiger charge is -2.40. The van der Waals surface area contributed by atoms with Gasteiger partial charge in [0.05, 0.1) is 0 Å². The van der Waals surface area contributed by atoms with Crippen molar-refractivity contribution in [2.75, 3.05) is 13.1 Å². The fourth-order valence-electron chi connectivity index (χ4n) is 2.53. The Labute approximate surface area is 83.7 Å². The molecule has 0 aromatic rings. The van der Waals surface area contributed by atoms with E-state index in [0.29, 0.717) is 25.8 Å². The maximum absolute atomic E-state index is 13.5. The summed E-state index contributed by atoms with van der Waals surface area (Å²) >= 11 is 0. The van der Waals surface area contributed by atoms with Gasteiger partial charge in [-0.1, -0.05) is 6.42 Å². The zero-order valence-electron chi connectivity index (χ0n) is 7.61. The molecule has 1 aliphatic carbocycles. The molecule has 2 fully saturated rings. The third-order valence-corrected chi connectivity index (χ3v) is 3.42. The van der Waals surface area contributed by atoms with Gasteiger partial charge in [0, 0.05) is 18.4 Å². The molecule has 2 rings (SSSR count). The SMILES string of the molecule is Cl.FC1(F)CCCCC12CCNC2. The van der Waals surface area contributed by atoms with Crippen LogP contribution in [-0.2, 0) is 0 Å². The minimum atomic E-state index is -2.41. The van der Waals surface area contributed by atoms with E-state index in [0.717, 1.165) is 13.0 Å². The zero-order valence-corrected chi connectivity index (χ0v) is 8.43. The zero-order chi connectivity index (χ0) is 8.66. The van der Waals surface area contributed by atoms with Crippen LogP contribution in [-0.4, -0.2) is 19.0 Å². The number of nitrogens with one attached hydrogen (secondary N) is 1. The molecule has 0 amide bonds. The molecule has 1 heterocycles. The van der Waals surface area contributed by atoms with Gasteiger partial charge in [-0.2, -0.15) is 0 Å².